The molecule has 1 N–H and O–H groups in total. The number of hydrogen-bond acceptors (Lipinski definition) is 4. The van der Waals surface area contributed by atoms with Gasteiger partial charge in [0, 0.05) is 43.1 Å². The summed E-state index contributed by atoms with van der Waals surface area (Å²) in [7, 11) is -3.70. The number of rotatable bonds is 3. The molecule has 3 rings (SSSR count). The van der Waals surface area contributed by atoms with Gasteiger partial charge in [-0.1, -0.05) is 29.3 Å². The molecule has 150 valence electrons. The Bertz CT molecular complexity index is 985. The first-order chi connectivity index (χ1) is 13.3. The molecule has 7 nitrogen and oxygen atoms in total. The van der Waals surface area contributed by atoms with Crippen molar-refractivity contribution >= 4 is 44.9 Å². The number of aryl methyl sites for hydroxylation is 1. The van der Waals surface area contributed by atoms with Gasteiger partial charge in [-0.15, -0.1) is 0 Å². The van der Waals surface area contributed by atoms with Crippen molar-refractivity contribution in [3.8, 4) is 0 Å². The Morgan fingerprint density at radius 3 is 2.64 bits per heavy atom. The average Bonchev–Trinajstić information content (AvgIpc) is 2.90. The maximum absolute atomic E-state index is 12.9. The number of carbonyl (C=O) groups is 1. The summed E-state index contributed by atoms with van der Waals surface area (Å²) in [5, 5.41) is 3.59. The third kappa shape index (κ3) is 4.75. The van der Waals surface area contributed by atoms with Crippen LogP contribution in [0.15, 0.2) is 41.4 Å². The van der Waals surface area contributed by atoms with Crippen molar-refractivity contribution < 1.29 is 13.2 Å². The predicted molar refractivity (Wildman–Crippen MR) is 109 cm³/mol. The lowest BCUT2D eigenvalue weighted by molar-refractivity contribution is 0.214. The SMILES string of the molecule is Cc1cc(S(=O)(=O)N2CCCN(C(=O)Nc3cccc(Cl)c3)CC2)cnc1Cl. The van der Waals surface area contributed by atoms with Crippen LogP contribution in [0.25, 0.3) is 0 Å². The highest BCUT2D eigenvalue weighted by molar-refractivity contribution is 7.89. The maximum atomic E-state index is 12.9. The largest absolute Gasteiger partial charge is 0.323 e. The third-order valence-corrected chi connectivity index (χ3v) is 6.94. The first-order valence-electron chi connectivity index (χ1n) is 8.71. The minimum atomic E-state index is -3.70. The molecule has 0 bridgehead atoms. The van der Waals surface area contributed by atoms with E-state index in [2.05, 4.69) is 10.3 Å². The number of hydrogen-bond donors (Lipinski definition) is 1. The number of nitrogens with zero attached hydrogens (tertiary/aromatic N) is 3. The summed E-state index contributed by atoms with van der Waals surface area (Å²) in [5.74, 6) is 0. The second-order valence-corrected chi connectivity index (χ2v) is 9.20. The highest BCUT2D eigenvalue weighted by Gasteiger charge is 2.29. The fourth-order valence-electron chi connectivity index (χ4n) is 2.93. The molecule has 28 heavy (non-hydrogen) atoms. The second-order valence-electron chi connectivity index (χ2n) is 6.46. The van der Waals surface area contributed by atoms with Crippen molar-refractivity contribution in [3.63, 3.8) is 0 Å². The molecule has 0 unspecified atom stereocenters. The third-order valence-electron chi connectivity index (χ3n) is 4.45. The van der Waals surface area contributed by atoms with Crippen LogP contribution in [0.4, 0.5) is 10.5 Å². The molecule has 1 saturated heterocycles. The van der Waals surface area contributed by atoms with Gasteiger partial charge in [-0.05, 0) is 43.2 Å². The minimum absolute atomic E-state index is 0.103. The lowest BCUT2D eigenvalue weighted by Gasteiger charge is -2.22. The Kier molecular flexibility index (Phi) is 6.44. The van der Waals surface area contributed by atoms with Gasteiger partial charge in [0.2, 0.25) is 10.0 Å². The van der Waals surface area contributed by atoms with Gasteiger partial charge >= 0.3 is 6.03 Å². The first kappa shape index (κ1) is 20.9. The van der Waals surface area contributed by atoms with Crippen molar-refractivity contribution in [2.24, 2.45) is 0 Å². The summed E-state index contributed by atoms with van der Waals surface area (Å²) >= 11 is 11.8. The highest BCUT2D eigenvalue weighted by atomic mass is 35.5. The van der Waals surface area contributed by atoms with Crippen molar-refractivity contribution in [1.29, 1.82) is 0 Å². The lowest BCUT2D eigenvalue weighted by Crippen LogP contribution is -2.39. The zero-order chi connectivity index (χ0) is 20.3. The fraction of sp³-hybridized carbons (Fsp3) is 0.333. The molecule has 0 radical (unpaired) electrons. The van der Waals surface area contributed by atoms with E-state index in [-0.39, 0.29) is 29.2 Å². The molecule has 1 fully saturated rings. The van der Waals surface area contributed by atoms with Crippen LogP contribution in [-0.2, 0) is 10.0 Å². The van der Waals surface area contributed by atoms with E-state index in [1.165, 1.54) is 16.6 Å². The first-order valence-corrected chi connectivity index (χ1v) is 10.9. The molecule has 2 amide bonds. The molecular formula is C18H20Cl2N4O3S. The number of sulfonamides is 1. The van der Waals surface area contributed by atoms with E-state index >= 15 is 0 Å². The summed E-state index contributed by atoms with van der Waals surface area (Å²) in [6.45, 7) is 2.97. The van der Waals surface area contributed by atoms with Gasteiger partial charge in [-0.2, -0.15) is 4.31 Å². The van der Waals surface area contributed by atoms with Crippen LogP contribution in [0, 0.1) is 6.92 Å². The van der Waals surface area contributed by atoms with Crippen molar-refractivity contribution in [3.05, 3.63) is 52.3 Å². The molecule has 2 aromatic rings. The van der Waals surface area contributed by atoms with Crippen molar-refractivity contribution in [1.82, 2.24) is 14.2 Å². The predicted octanol–water partition coefficient (Wildman–Crippen LogP) is 3.63. The molecule has 0 spiro atoms. The van der Waals surface area contributed by atoms with Crippen LogP contribution in [0.1, 0.15) is 12.0 Å². The molecule has 0 aliphatic carbocycles. The number of anilines is 1. The number of urea groups is 1. The highest BCUT2D eigenvalue weighted by Crippen LogP contribution is 2.21. The molecule has 0 atom stereocenters. The van der Waals surface area contributed by atoms with Gasteiger partial charge in [0.1, 0.15) is 10.0 Å². The van der Waals surface area contributed by atoms with Crippen LogP contribution in [0.5, 0.6) is 0 Å². The Morgan fingerprint density at radius 1 is 1.14 bits per heavy atom. The Morgan fingerprint density at radius 2 is 1.93 bits per heavy atom. The summed E-state index contributed by atoms with van der Waals surface area (Å²) in [4.78, 5) is 18.2. The summed E-state index contributed by atoms with van der Waals surface area (Å²) in [5.41, 5.74) is 1.19. The summed E-state index contributed by atoms with van der Waals surface area (Å²) < 4.78 is 27.2. The molecule has 1 aliphatic heterocycles. The van der Waals surface area contributed by atoms with E-state index in [0.29, 0.717) is 35.8 Å². The fourth-order valence-corrected chi connectivity index (χ4v) is 4.72. The number of halogens is 2. The van der Waals surface area contributed by atoms with Crippen LogP contribution >= 0.6 is 23.2 Å². The maximum Gasteiger partial charge on any atom is 0.321 e. The molecule has 1 aliphatic rings. The molecule has 2 heterocycles. The number of benzene rings is 1. The van der Waals surface area contributed by atoms with Crippen LogP contribution in [0.2, 0.25) is 10.2 Å². The van der Waals surface area contributed by atoms with Crippen molar-refractivity contribution in [2.45, 2.75) is 18.2 Å². The topological polar surface area (TPSA) is 82.6 Å². The normalized spacial score (nSPS) is 15.9. The number of aromatic nitrogens is 1. The zero-order valence-electron chi connectivity index (χ0n) is 15.2. The van der Waals surface area contributed by atoms with Crippen molar-refractivity contribution in [2.75, 3.05) is 31.5 Å². The van der Waals surface area contributed by atoms with E-state index in [4.69, 9.17) is 23.2 Å². The Hall–Kier alpha value is -1.87. The van der Waals surface area contributed by atoms with Crippen LogP contribution in [-0.4, -0.2) is 54.8 Å². The second kappa shape index (κ2) is 8.65. The average molecular weight is 443 g/mol. The van der Waals surface area contributed by atoms with E-state index < -0.39 is 10.0 Å². The Labute approximate surface area is 174 Å². The van der Waals surface area contributed by atoms with Crippen LogP contribution in [0.3, 0.4) is 0 Å². The molecule has 1 aromatic heterocycles. The number of nitrogens with one attached hydrogen (secondary N) is 1. The van der Waals surface area contributed by atoms with Gasteiger partial charge in [0.25, 0.3) is 0 Å². The molecule has 10 heteroatoms. The van der Waals surface area contributed by atoms with Gasteiger partial charge in [-0.25, -0.2) is 18.2 Å². The number of pyridine rings is 1. The molecular weight excluding hydrogens is 423 g/mol. The van der Waals surface area contributed by atoms with E-state index in [1.807, 2.05) is 0 Å². The van der Waals surface area contributed by atoms with Gasteiger partial charge in [-0.3, -0.25) is 0 Å². The summed E-state index contributed by atoms with van der Waals surface area (Å²) in [6.07, 6.45) is 1.79. The summed E-state index contributed by atoms with van der Waals surface area (Å²) in [6, 6.07) is 8.10. The van der Waals surface area contributed by atoms with Gasteiger partial charge < -0.3 is 10.2 Å². The standard InChI is InChI=1S/C18H20Cl2N4O3S/c1-13-10-16(12-21-17(13)20)28(26,27)24-7-3-6-23(8-9-24)18(25)22-15-5-2-4-14(19)11-15/h2,4-5,10-12H,3,6-9H2,1H3,(H,22,25). The Balaban J connectivity index is 1.68. The molecule has 1 aromatic carbocycles. The number of carbonyl (C=O) groups excluding carboxylic acids is 1. The van der Waals surface area contributed by atoms with Gasteiger partial charge in [0.15, 0.2) is 0 Å². The zero-order valence-corrected chi connectivity index (χ0v) is 17.6. The molecule has 0 saturated carbocycles. The van der Waals surface area contributed by atoms with E-state index in [0.717, 1.165) is 0 Å². The van der Waals surface area contributed by atoms with E-state index in [1.54, 1.807) is 36.1 Å². The lowest BCUT2D eigenvalue weighted by atomic mass is 10.3. The monoisotopic (exact) mass is 442 g/mol. The van der Waals surface area contributed by atoms with Gasteiger partial charge in [0.05, 0.1) is 0 Å². The van der Waals surface area contributed by atoms with Crippen LogP contribution < -0.4 is 5.32 Å². The minimum Gasteiger partial charge on any atom is -0.323 e. The number of amides is 2. The van der Waals surface area contributed by atoms with E-state index in [9.17, 15) is 13.2 Å². The smallest absolute Gasteiger partial charge is 0.321 e. The quantitative estimate of drug-likeness (QED) is 0.735.